The monoisotopic (exact) mass is 270 g/mol. The van der Waals surface area contributed by atoms with Gasteiger partial charge in [-0.05, 0) is 24.6 Å². The van der Waals surface area contributed by atoms with E-state index in [0.29, 0.717) is 0 Å². The minimum absolute atomic E-state index is 0.102. The van der Waals surface area contributed by atoms with Crippen LogP contribution >= 0.6 is 0 Å². The van der Waals surface area contributed by atoms with Gasteiger partial charge < -0.3 is 5.11 Å². The van der Waals surface area contributed by atoms with Crippen molar-refractivity contribution in [3.8, 4) is 11.3 Å². The van der Waals surface area contributed by atoms with Crippen LogP contribution in [0.2, 0.25) is 0 Å². The van der Waals surface area contributed by atoms with E-state index in [1.165, 1.54) is 25.1 Å². The van der Waals surface area contributed by atoms with Crippen LogP contribution in [0.1, 0.15) is 21.6 Å². The summed E-state index contributed by atoms with van der Waals surface area (Å²) in [6.45, 7) is 1.36. The van der Waals surface area contributed by atoms with Crippen LogP contribution in [0.15, 0.2) is 24.3 Å². The van der Waals surface area contributed by atoms with Crippen molar-refractivity contribution in [2.75, 3.05) is 0 Å². The molecular weight excluding hydrogens is 261 g/mol. The first-order chi connectivity index (χ1) is 8.79. The lowest BCUT2D eigenvalue weighted by Crippen LogP contribution is -2.07. The van der Waals surface area contributed by atoms with Gasteiger partial charge in [-0.15, -0.1) is 0 Å². The van der Waals surface area contributed by atoms with E-state index < -0.39 is 17.7 Å². The Kier molecular flexibility index (Phi) is 3.05. The molecule has 0 radical (unpaired) electrons. The summed E-state index contributed by atoms with van der Waals surface area (Å²) in [7, 11) is 0. The summed E-state index contributed by atoms with van der Waals surface area (Å²) < 4.78 is 38.3. The van der Waals surface area contributed by atoms with Crippen LogP contribution in [0.25, 0.3) is 11.3 Å². The molecule has 2 aromatic rings. The van der Waals surface area contributed by atoms with Gasteiger partial charge in [0.25, 0.3) is 0 Å². The SMILES string of the molecule is Cc1ccc(-c2cc(C(=O)O)[nH]n2)cc1C(F)(F)F. The second-order valence-corrected chi connectivity index (χ2v) is 4.00. The van der Waals surface area contributed by atoms with E-state index >= 15 is 0 Å². The Morgan fingerprint density at radius 2 is 2.00 bits per heavy atom. The van der Waals surface area contributed by atoms with Crippen molar-refractivity contribution in [1.82, 2.24) is 10.2 Å². The van der Waals surface area contributed by atoms with Crippen molar-refractivity contribution >= 4 is 5.97 Å². The van der Waals surface area contributed by atoms with Gasteiger partial charge in [0, 0.05) is 5.56 Å². The fraction of sp³-hybridized carbons (Fsp3) is 0.167. The number of nitrogens with one attached hydrogen (secondary N) is 1. The second kappa shape index (κ2) is 4.42. The lowest BCUT2D eigenvalue weighted by molar-refractivity contribution is -0.138. The summed E-state index contributed by atoms with van der Waals surface area (Å²) in [5.41, 5.74) is -0.469. The van der Waals surface area contributed by atoms with E-state index in [9.17, 15) is 18.0 Å². The van der Waals surface area contributed by atoms with Crippen LogP contribution in [-0.2, 0) is 6.18 Å². The molecule has 0 fully saturated rings. The average molecular weight is 270 g/mol. The number of aryl methyl sites for hydroxylation is 1. The quantitative estimate of drug-likeness (QED) is 0.881. The summed E-state index contributed by atoms with van der Waals surface area (Å²) in [5, 5.41) is 14.7. The number of hydrogen-bond acceptors (Lipinski definition) is 2. The van der Waals surface area contributed by atoms with E-state index in [4.69, 9.17) is 5.11 Å². The topological polar surface area (TPSA) is 66.0 Å². The number of aromatic nitrogens is 2. The summed E-state index contributed by atoms with van der Waals surface area (Å²) in [6.07, 6.45) is -4.45. The summed E-state index contributed by atoms with van der Waals surface area (Å²) >= 11 is 0. The highest BCUT2D eigenvalue weighted by Crippen LogP contribution is 2.34. The molecule has 2 rings (SSSR count). The molecule has 0 amide bonds. The van der Waals surface area contributed by atoms with Gasteiger partial charge in [-0.2, -0.15) is 18.3 Å². The molecule has 0 spiro atoms. The Balaban J connectivity index is 2.48. The highest BCUT2D eigenvalue weighted by Gasteiger charge is 2.32. The van der Waals surface area contributed by atoms with Crippen LogP contribution in [-0.4, -0.2) is 21.3 Å². The zero-order chi connectivity index (χ0) is 14.2. The van der Waals surface area contributed by atoms with E-state index in [1.807, 2.05) is 0 Å². The molecule has 0 aliphatic carbocycles. The van der Waals surface area contributed by atoms with Crippen molar-refractivity contribution in [3.05, 3.63) is 41.1 Å². The van der Waals surface area contributed by atoms with Gasteiger partial charge in [0.15, 0.2) is 0 Å². The normalized spacial score (nSPS) is 11.6. The highest BCUT2D eigenvalue weighted by atomic mass is 19.4. The maximum absolute atomic E-state index is 12.8. The Labute approximate surface area is 105 Å². The summed E-state index contributed by atoms with van der Waals surface area (Å²) in [4.78, 5) is 10.7. The van der Waals surface area contributed by atoms with Gasteiger partial charge in [-0.25, -0.2) is 4.79 Å². The minimum atomic E-state index is -4.45. The van der Waals surface area contributed by atoms with E-state index in [-0.39, 0.29) is 22.5 Å². The largest absolute Gasteiger partial charge is 0.477 e. The molecule has 1 heterocycles. The Morgan fingerprint density at radius 1 is 1.32 bits per heavy atom. The van der Waals surface area contributed by atoms with Crippen molar-refractivity contribution in [3.63, 3.8) is 0 Å². The molecule has 1 aromatic heterocycles. The third kappa shape index (κ3) is 2.59. The van der Waals surface area contributed by atoms with E-state index in [0.717, 1.165) is 6.07 Å². The molecular formula is C12H9F3N2O2. The molecule has 0 aliphatic heterocycles. The Bertz CT molecular complexity index is 632. The predicted octanol–water partition coefficient (Wildman–Crippen LogP) is 3.10. The molecule has 0 atom stereocenters. The highest BCUT2D eigenvalue weighted by molar-refractivity contribution is 5.86. The second-order valence-electron chi connectivity index (χ2n) is 4.00. The number of alkyl halides is 3. The zero-order valence-corrected chi connectivity index (χ0v) is 9.75. The number of carbonyl (C=O) groups is 1. The van der Waals surface area contributed by atoms with Gasteiger partial charge >= 0.3 is 12.1 Å². The van der Waals surface area contributed by atoms with Gasteiger partial charge in [0.2, 0.25) is 0 Å². The summed E-state index contributed by atoms with van der Waals surface area (Å²) in [6, 6.07) is 4.93. The molecule has 2 N–H and O–H groups in total. The number of carboxylic acids is 1. The number of aromatic amines is 1. The first-order valence-electron chi connectivity index (χ1n) is 5.26. The molecule has 19 heavy (non-hydrogen) atoms. The van der Waals surface area contributed by atoms with Gasteiger partial charge in [0.1, 0.15) is 5.69 Å². The smallest absolute Gasteiger partial charge is 0.416 e. The van der Waals surface area contributed by atoms with Gasteiger partial charge in [0.05, 0.1) is 11.3 Å². The fourth-order valence-electron chi connectivity index (χ4n) is 1.67. The molecule has 0 saturated heterocycles. The molecule has 0 aliphatic rings. The van der Waals surface area contributed by atoms with E-state index in [2.05, 4.69) is 10.2 Å². The maximum Gasteiger partial charge on any atom is 0.416 e. The van der Waals surface area contributed by atoms with Crippen molar-refractivity contribution in [2.24, 2.45) is 0 Å². The average Bonchev–Trinajstić information content (AvgIpc) is 2.77. The number of H-pyrrole nitrogens is 1. The number of rotatable bonds is 2. The zero-order valence-electron chi connectivity index (χ0n) is 9.75. The standard InChI is InChI=1S/C12H9F3N2O2/c1-6-2-3-7(4-8(6)12(13,14)15)9-5-10(11(18)19)17-16-9/h2-5H,1H3,(H,16,17)(H,18,19). The van der Waals surface area contributed by atoms with Gasteiger partial charge in [-0.1, -0.05) is 12.1 Å². The van der Waals surface area contributed by atoms with Crippen LogP contribution in [0, 0.1) is 6.92 Å². The number of nitrogens with zero attached hydrogens (tertiary/aromatic N) is 1. The lowest BCUT2D eigenvalue weighted by atomic mass is 10.0. The summed E-state index contributed by atoms with van der Waals surface area (Å²) in [5.74, 6) is -1.22. The molecule has 4 nitrogen and oxygen atoms in total. The number of carboxylic acid groups (broad SMARTS) is 1. The van der Waals surface area contributed by atoms with Crippen LogP contribution in [0.3, 0.4) is 0 Å². The van der Waals surface area contributed by atoms with Crippen LogP contribution < -0.4 is 0 Å². The number of halogens is 3. The predicted molar refractivity (Wildman–Crippen MR) is 60.7 cm³/mol. The molecule has 0 bridgehead atoms. The van der Waals surface area contributed by atoms with Gasteiger partial charge in [-0.3, -0.25) is 5.10 Å². The Morgan fingerprint density at radius 3 is 2.53 bits per heavy atom. The lowest BCUT2D eigenvalue weighted by Gasteiger charge is -2.11. The number of aromatic carboxylic acids is 1. The van der Waals surface area contributed by atoms with Crippen molar-refractivity contribution < 1.29 is 23.1 Å². The van der Waals surface area contributed by atoms with E-state index in [1.54, 1.807) is 0 Å². The Hall–Kier alpha value is -2.31. The van der Waals surface area contributed by atoms with Crippen molar-refractivity contribution in [2.45, 2.75) is 13.1 Å². The molecule has 1 aromatic carbocycles. The van der Waals surface area contributed by atoms with Crippen LogP contribution in [0.4, 0.5) is 13.2 Å². The molecule has 7 heteroatoms. The third-order valence-electron chi connectivity index (χ3n) is 2.65. The first kappa shape index (κ1) is 13.1. The molecule has 0 unspecified atom stereocenters. The number of hydrogen-bond donors (Lipinski definition) is 2. The minimum Gasteiger partial charge on any atom is -0.477 e. The third-order valence-corrected chi connectivity index (χ3v) is 2.65. The fourth-order valence-corrected chi connectivity index (χ4v) is 1.67. The van der Waals surface area contributed by atoms with Crippen molar-refractivity contribution in [1.29, 1.82) is 0 Å². The van der Waals surface area contributed by atoms with Crippen LogP contribution in [0.5, 0.6) is 0 Å². The number of benzene rings is 1. The molecule has 100 valence electrons. The maximum atomic E-state index is 12.8. The first-order valence-corrected chi connectivity index (χ1v) is 5.26. The molecule has 0 saturated carbocycles.